The van der Waals surface area contributed by atoms with Crippen molar-refractivity contribution in [3.8, 4) is 0 Å². The highest BCUT2D eigenvalue weighted by atomic mass is 15.2. The molecule has 17 heavy (non-hydrogen) atoms. The van der Waals surface area contributed by atoms with Crippen LogP contribution in [0.25, 0.3) is 0 Å². The van der Waals surface area contributed by atoms with E-state index < -0.39 is 0 Å². The first-order valence-electron chi connectivity index (χ1n) is 6.50. The van der Waals surface area contributed by atoms with Gasteiger partial charge in [-0.05, 0) is 44.8 Å². The Labute approximate surface area is 104 Å². The van der Waals surface area contributed by atoms with E-state index in [1.165, 1.54) is 31.2 Å². The van der Waals surface area contributed by atoms with Crippen molar-refractivity contribution in [2.24, 2.45) is 18.2 Å². The molecule has 1 aliphatic rings. The van der Waals surface area contributed by atoms with E-state index in [2.05, 4.69) is 23.2 Å². The molecule has 0 unspecified atom stereocenters. The fourth-order valence-corrected chi connectivity index (χ4v) is 2.61. The standard InChI is InChI=1S/C13H24N4/c1-16(9-12-8-15-17(2)10-12)7-6-13(11-14)4-3-5-13/h8,10H,3-7,9,11,14H2,1-2H3. The van der Waals surface area contributed by atoms with Crippen LogP contribution in [0.3, 0.4) is 0 Å². The number of hydrogen-bond donors (Lipinski definition) is 1. The summed E-state index contributed by atoms with van der Waals surface area (Å²) >= 11 is 0. The Morgan fingerprint density at radius 2 is 2.29 bits per heavy atom. The molecule has 0 aromatic carbocycles. The summed E-state index contributed by atoms with van der Waals surface area (Å²) in [5.74, 6) is 0. The Morgan fingerprint density at radius 3 is 2.76 bits per heavy atom. The number of hydrogen-bond acceptors (Lipinski definition) is 3. The second-order valence-corrected chi connectivity index (χ2v) is 5.57. The summed E-state index contributed by atoms with van der Waals surface area (Å²) in [7, 11) is 4.14. The molecule has 4 nitrogen and oxygen atoms in total. The molecule has 1 saturated carbocycles. The zero-order valence-corrected chi connectivity index (χ0v) is 11.0. The molecule has 0 amide bonds. The maximum atomic E-state index is 5.88. The third-order valence-electron chi connectivity index (χ3n) is 4.08. The van der Waals surface area contributed by atoms with E-state index >= 15 is 0 Å². The topological polar surface area (TPSA) is 47.1 Å². The third-order valence-corrected chi connectivity index (χ3v) is 4.08. The van der Waals surface area contributed by atoms with Crippen LogP contribution >= 0.6 is 0 Å². The van der Waals surface area contributed by atoms with Crippen molar-refractivity contribution in [3.05, 3.63) is 18.0 Å². The van der Waals surface area contributed by atoms with Crippen LogP contribution < -0.4 is 5.73 Å². The highest BCUT2D eigenvalue weighted by Gasteiger charge is 2.35. The Morgan fingerprint density at radius 1 is 1.53 bits per heavy atom. The lowest BCUT2D eigenvalue weighted by Gasteiger charge is -2.42. The molecule has 1 aliphatic carbocycles. The highest BCUT2D eigenvalue weighted by Crippen LogP contribution is 2.42. The molecule has 0 bridgehead atoms. The summed E-state index contributed by atoms with van der Waals surface area (Å²) in [6.07, 6.45) is 9.27. The lowest BCUT2D eigenvalue weighted by Crippen LogP contribution is -2.39. The van der Waals surface area contributed by atoms with Gasteiger partial charge in [-0.1, -0.05) is 6.42 Å². The minimum absolute atomic E-state index is 0.462. The average molecular weight is 236 g/mol. The Kier molecular flexibility index (Phi) is 3.84. The van der Waals surface area contributed by atoms with Crippen LogP contribution in [0.2, 0.25) is 0 Å². The van der Waals surface area contributed by atoms with Gasteiger partial charge in [0, 0.05) is 25.4 Å². The van der Waals surface area contributed by atoms with E-state index in [9.17, 15) is 0 Å². The predicted octanol–water partition coefficient (Wildman–Crippen LogP) is 1.37. The monoisotopic (exact) mass is 236 g/mol. The molecule has 0 aliphatic heterocycles. The lowest BCUT2D eigenvalue weighted by atomic mass is 9.66. The second kappa shape index (κ2) is 5.19. The van der Waals surface area contributed by atoms with Gasteiger partial charge in [-0.3, -0.25) is 4.68 Å². The van der Waals surface area contributed by atoms with E-state index in [1.807, 2.05) is 17.9 Å². The molecular formula is C13H24N4. The normalized spacial score (nSPS) is 18.4. The van der Waals surface area contributed by atoms with Gasteiger partial charge in [-0.25, -0.2) is 0 Å². The Balaban J connectivity index is 1.75. The molecule has 1 aromatic heterocycles. The van der Waals surface area contributed by atoms with E-state index in [-0.39, 0.29) is 0 Å². The molecule has 0 radical (unpaired) electrons. The number of aryl methyl sites for hydroxylation is 1. The van der Waals surface area contributed by atoms with Gasteiger partial charge < -0.3 is 10.6 Å². The van der Waals surface area contributed by atoms with Crippen LogP contribution in [0, 0.1) is 5.41 Å². The van der Waals surface area contributed by atoms with E-state index in [1.54, 1.807) is 0 Å². The Bertz CT molecular complexity index is 349. The third kappa shape index (κ3) is 3.07. The Hall–Kier alpha value is -0.870. The molecule has 0 atom stereocenters. The van der Waals surface area contributed by atoms with Crippen molar-refractivity contribution in [3.63, 3.8) is 0 Å². The van der Waals surface area contributed by atoms with Crippen molar-refractivity contribution in [1.29, 1.82) is 0 Å². The summed E-state index contributed by atoms with van der Waals surface area (Å²) in [6, 6.07) is 0. The van der Waals surface area contributed by atoms with Gasteiger partial charge in [0.1, 0.15) is 0 Å². The van der Waals surface area contributed by atoms with Gasteiger partial charge >= 0.3 is 0 Å². The minimum Gasteiger partial charge on any atom is -0.330 e. The van der Waals surface area contributed by atoms with Gasteiger partial charge in [0.05, 0.1) is 6.20 Å². The number of nitrogens with zero attached hydrogens (tertiary/aromatic N) is 3. The SMILES string of the molecule is CN(CCC1(CN)CCC1)Cc1cnn(C)c1. The van der Waals surface area contributed by atoms with Crippen molar-refractivity contribution in [2.75, 3.05) is 20.1 Å². The summed E-state index contributed by atoms with van der Waals surface area (Å²) in [4.78, 5) is 2.37. The van der Waals surface area contributed by atoms with Crippen LogP contribution in [-0.4, -0.2) is 34.8 Å². The molecule has 1 fully saturated rings. The van der Waals surface area contributed by atoms with Crippen LogP contribution in [-0.2, 0) is 13.6 Å². The first-order valence-corrected chi connectivity index (χ1v) is 6.50. The number of nitrogens with two attached hydrogens (primary N) is 1. The largest absolute Gasteiger partial charge is 0.330 e. The van der Waals surface area contributed by atoms with Crippen LogP contribution in [0.15, 0.2) is 12.4 Å². The second-order valence-electron chi connectivity index (χ2n) is 5.57. The smallest absolute Gasteiger partial charge is 0.0534 e. The molecule has 4 heteroatoms. The maximum Gasteiger partial charge on any atom is 0.0534 e. The van der Waals surface area contributed by atoms with Crippen LogP contribution in [0.4, 0.5) is 0 Å². The summed E-state index contributed by atoms with van der Waals surface area (Å²) in [5.41, 5.74) is 7.62. The first-order chi connectivity index (χ1) is 8.13. The van der Waals surface area contributed by atoms with Gasteiger partial charge in [0.15, 0.2) is 0 Å². The van der Waals surface area contributed by atoms with Crippen molar-refractivity contribution in [2.45, 2.75) is 32.2 Å². The molecule has 96 valence electrons. The van der Waals surface area contributed by atoms with Gasteiger partial charge in [-0.2, -0.15) is 5.10 Å². The van der Waals surface area contributed by atoms with Crippen LogP contribution in [0.5, 0.6) is 0 Å². The zero-order valence-electron chi connectivity index (χ0n) is 11.0. The summed E-state index contributed by atoms with van der Waals surface area (Å²) in [5, 5.41) is 4.19. The molecule has 0 saturated heterocycles. The molecule has 2 rings (SSSR count). The number of rotatable bonds is 6. The number of aromatic nitrogens is 2. The lowest BCUT2D eigenvalue weighted by molar-refractivity contribution is 0.111. The summed E-state index contributed by atoms with van der Waals surface area (Å²) < 4.78 is 1.86. The van der Waals surface area contributed by atoms with Crippen molar-refractivity contribution < 1.29 is 0 Å². The van der Waals surface area contributed by atoms with Gasteiger partial charge in [-0.15, -0.1) is 0 Å². The van der Waals surface area contributed by atoms with E-state index in [4.69, 9.17) is 5.73 Å². The quantitative estimate of drug-likeness (QED) is 0.811. The molecular weight excluding hydrogens is 212 g/mol. The molecule has 1 aromatic rings. The molecule has 1 heterocycles. The summed E-state index contributed by atoms with van der Waals surface area (Å²) in [6.45, 7) is 2.97. The van der Waals surface area contributed by atoms with E-state index in [0.29, 0.717) is 5.41 Å². The fourth-order valence-electron chi connectivity index (χ4n) is 2.61. The van der Waals surface area contributed by atoms with Gasteiger partial charge in [0.2, 0.25) is 0 Å². The fraction of sp³-hybridized carbons (Fsp3) is 0.769. The molecule has 0 spiro atoms. The van der Waals surface area contributed by atoms with Crippen molar-refractivity contribution >= 4 is 0 Å². The van der Waals surface area contributed by atoms with Crippen LogP contribution in [0.1, 0.15) is 31.2 Å². The zero-order chi connectivity index (χ0) is 12.3. The highest BCUT2D eigenvalue weighted by molar-refractivity contribution is 5.03. The average Bonchev–Trinajstić information content (AvgIpc) is 2.63. The predicted molar refractivity (Wildman–Crippen MR) is 69.5 cm³/mol. The first kappa shape index (κ1) is 12.6. The molecule has 2 N–H and O–H groups in total. The van der Waals surface area contributed by atoms with Crippen molar-refractivity contribution in [1.82, 2.24) is 14.7 Å². The van der Waals surface area contributed by atoms with Gasteiger partial charge in [0.25, 0.3) is 0 Å². The van der Waals surface area contributed by atoms with E-state index in [0.717, 1.165) is 19.6 Å². The maximum absolute atomic E-state index is 5.88. The minimum atomic E-state index is 0.462.